The third-order valence-corrected chi connectivity index (χ3v) is 3.19. The topological polar surface area (TPSA) is 81.5 Å². The number of nitrogens with one attached hydrogen (secondary N) is 1. The Morgan fingerprint density at radius 1 is 1.23 bits per heavy atom. The van der Waals surface area contributed by atoms with Gasteiger partial charge in [-0.15, -0.1) is 0 Å². The predicted molar refractivity (Wildman–Crippen MR) is 83.1 cm³/mol. The second kappa shape index (κ2) is 7.21. The van der Waals surface area contributed by atoms with Crippen molar-refractivity contribution in [3.63, 3.8) is 0 Å². The molecule has 0 aliphatic rings. The van der Waals surface area contributed by atoms with Crippen molar-refractivity contribution in [3.8, 4) is 0 Å². The average molecular weight is 300 g/mol. The first kappa shape index (κ1) is 15.5. The Bertz CT molecular complexity index is 671. The Labute approximate surface area is 127 Å². The Hall–Kier alpha value is -2.89. The first-order chi connectivity index (χ1) is 10.6. The lowest BCUT2D eigenvalue weighted by Gasteiger charge is -2.09. The summed E-state index contributed by atoms with van der Waals surface area (Å²) >= 11 is 0. The van der Waals surface area contributed by atoms with Gasteiger partial charge in [0.2, 0.25) is 0 Å². The van der Waals surface area contributed by atoms with Crippen molar-refractivity contribution in [2.45, 2.75) is 6.42 Å². The zero-order valence-electron chi connectivity index (χ0n) is 12.1. The van der Waals surface area contributed by atoms with Gasteiger partial charge in [0.15, 0.2) is 0 Å². The fourth-order valence-corrected chi connectivity index (χ4v) is 2.07. The Balaban J connectivity index is 2.13. The van der Waals surface area contributed by atoms with Crippen LogP contribution in [0.3, 0.4) is 0 Å². The predicted octanol–water partition coefficient (Wildman–Crippen LogP) is 3.04. The molecule has 22 heavy (non-hydrogen) atoms. The molecule has 6 heteroatoms. The molecule has 0 unspecified atom stereocenters. The van der Waals surface area contributed by atoms with Crippen LogP contribution in [0.4, 0.5) is 11.4 Å². The van der Waals surface area contributed by atoms with Gasteiger partial charge in [-0.2, -0.15) is 0 Å². The first-order valence-corrected chi connectivity index (χ1v) is 6.76. The first-order valence-electron chi connectivity index (χ1n) is 6.76. The van der Waals surface area contributed by atoms with Crippen molar-refractivity contribution >= 4 is 17.3 Å². The number of methoxy groups -OCH3 is 1. The standard InChI is InChI=1S/C16H16N2O4/c1-22-16(19)13-7-8-15(18(20)21)14(11-13)17-10-9-12-5-3-2-4-6-12/h2-8,11,17H,9-10H2,1H3. The van der Waals surface area contributed by atoms with Crippen LogP contribution >= 0.6 is 0 Å². The maximum absolute atomic E-state index is 11.5. The molecular weight excluding hydrogens is 284 g/mol. The summed E-state index contributed by atoms with van der Waals surface area (Å²) in [7, 11) is 1.27. The van der Waals surface area contributed by atoms with Gasteiger partial charge >= 0.3 is 5.97 Å². The number of nitrogens with zero attached hydrogens (tertiary/aromatic N) is 1. The molecule has 0 saturated carbocycles. The fourth-order valence-electron chi connectivity index (χ4n) is 2.07. The van der Waals surface area contributed by atoms with Gasteiger partial charge in [-0.25, -0.2) is 4.79 Å². The van der Waals surface area contributed by atoms with Crippen LogP contribution in [0.2, 0.25) is 0 Å². The van der Waals surface area contributed by atoms with E-state index in [1.807, 2.05) is 30.3 Å². The van der Waals surface area contributed by atoms with E-state index >= 15 is 0 Å². The molecule has 0 radical (unpaired) electrons. The van der Waals surface area contributed by atoms with Gasteiger partial charge in [0, 0.05) is 12.6 Å². The van der Waals surface area contributed by atoms with E-state index in [1.54, 1.807) is 0 Å². The summed E-state index contributed by atoms with van der Waals surface area (Å²) in [6.07, 6.45) is 0.723. The lowest BCUT2D eigenvalue weighted by Crippen LogP contribution is -2.09. The van der Waals surface area contributed by atoms with Crippen LogP contribution in [-0.2, 0) is 11.2 Å². The number of hydrogen-bond acceptors (Lipinski definition) is 5. The molecule has 0 aliphatic carbocycles. The molecule has 114 valence electrons. The third-order valence-electron chi connectivity index (χ3n) is 3.19. The summed E-state index contributed by atoms with van der Waals surface area (Å²) < 4.78 is 4.63. The number of benzene rings is 2. The van der Waals surface area contributed by atoms with Gasteiger partial charge in [-0.1, -0.05) is 30.3 Å². The van der Waals surface area contributed by atoms with Gasteiger partial charge in [0.05, 0.1) is 17.6 Å². The number of nitro groups is 1. The van der Waals surface area contributed by atoms with Gasteiger partial charge in [-0.3, -0.25) is 10.1 Å². The molecule has 2 aromatic rings. The third kappa shape index (κ3) is 3.82. The quantitative estimate of drug-likeness (QED) is 0.504. The van der Waals surface area contributed by atoms with Crippen molar-refractivity contribution < 1.29 is 14.5 Å². The lowest BCUT2D eigenvalue weighted by molar-refractivity contribution is -0.384. The summed E-state index contributed by atoms with van der Waals surface area (Å²) in [5.74, 6) is -0.527. The van der Waals surface area contributed by atoms with E-state index in [0.717, 1.165) is 12.0 Å². The molecule has 6 nitrogen and oxygen atoms in total. The highest BCUT2D eigenvalue weighted by Gasteiger charge is 2.16. The molecule has 0 amide bonds. The summed E-state index contributed by atoms with van der Waals surface area (Å²) in [4.78, 5) is 22.1. The maximum atomic E-state index is 11.5. The fraction of sp³-hybridized carbons (Fsp3) is 0.188. The molecule has 1 N–H and O–H groups in total. The SMILES string of the molecule is COC(=O)c1ccc([N+](=O)[O-])c(NCCc2ccccc2)c1. The van der Waals surface area contributed by atoms with Crippen molar-refractivity contribution in [2.75, 3.05) is 19.0 Å². The molecule has 2 aromatic carbocycles. The molecule has 0 fully saturated rings. The normalized spacial score (nSPS) is 10.0. The molecule has 0 bridgehead atoms. The van der Waals surface area contributed by atoms with Crippen LogP contribution in [0.1, 0.15) is 15.9 Å². The smallest absolute Gasteiger partial charge is 0.337 e. The molecule has 0 aliphatic heterocycles. The molecule has 0 saturated heterocycles. The molecule has 0 heterocycles. The van der Waals surface area contributed by atoms with Crippen LogP contribution in [0, 0.1) is 10.1 Å². The minimum absolute atomic E-state index is 0.0688. The van der Waals surface area contributed by atoms with E-state index in [9.17, 15) is 14.9 Å². The molecule has 0 spiro atoms. The van der Waals surface area contributed by atoms with E-state index in [2.05, 4.69) is 10.1 Å². The Morgan fingerprint density at radius 3 is 2.59 bits per heavy atom. The summed E-state index contributed by atoms with van der Waals surface area (Å²) in [5.41, 5.74) is 1.64. The van der Waals surface area contributed by atoms with Crippen LogP contribution < -0.4 is 5.32 Å². The van der Waals surface area contributed by atoms with Gasteiger partial charge < -0.3 is 10.1 Å². The Kier molecular flexibility index (Phi) is 5.08. The highest BCUT2D eigenvalue weighted by molar-refractivity contribution is 5.91. The minimum Gasteiger partial charge on any atom is -0.465 e. The molecule has 2 rings (SSSR count). The number of carbonyl (C=O) groups is 1. The van der Waals surface area contributed by atoms with Crippen molar-refractivity contribution in [1.29, 1.82) is 0 Å². The number of anilines is 1. The van der Waals surface area contributed by atoms with Crippen molar-refractivity contribution in [3.05, 3.63) is 69.8 Å². The summed E-state index contributed by atoms with van der Waals surface area (Å²) in [6.45, 7) is 0.523. The zero-order valence-corrected chi connectivity index (χ0v) is 12.1. The van der Waals surface area contributed by atoms with E-state index in [0.29, 0.717) is 12.2 Å². The largest absolute Gasteiger partial charge is 0.465 e. The van der Waals surface area contributed by atoms with Crippen LogP contribution in [0.15, 0.2) is 48.5 Å². The lowest BCUT2D eigenvalue weighted by atomic mass is 10.1. The summed E-state index contributed by atoms with van der Waals surface area (Å²) in [6, 6.07) is 13.9. The van der Waals surface area contributed by atoms with Gasteiger partial charge in [-0.05, 0) is 24.1 Å². The van der Waals surface area contributed by atoms with Crippen LogP contribution in [0.25, 0.3) is 0 Å². The van der Waals surface area contributed by atoms with E-state index in [4.69, 9.17) is 0 Å². The Morgan fingerprint density at radius 2 is 1.95 bits per heavy atom. The number of ether oxygens (including phenoxy) is 1. The van der Waals surface area contributed by atoms with E-state index < -0.39 is 10.9 Å². The molecular formula is C16H16N2O4. The van der Waals surface area contributed by atoms with E-state index in [1.165, 1.54) is 25.3 Å². The van der Waals surface area contributed by atoms with Gasteiger partial charge in [0.1, 0.15) is 5.69 Å². The second-order valence-electron chi connectivity index (χ2n) is 4.64. The second-order valence-corrected chi connectivity index (χ2v) is 4.64. The van der Waals surface area contributed by atoms with E-state index in [-0.39, 0.29) is 11.3 Å². The van der Waals surface area contributed by atoms with Crippen molar-refractivity contribution in [2.24, 2.45) is 0 Å². The number of nitro benzene ring substituents is 1. The average Bonchev–Trinajstić information content (AvgIpc) is 2.54. The molecule has 0 atom stereocenters. The maximum Gasteiger partial charge on any atom is 0.337 e. The minimum atomic E-state index is -0.527. The number of carbonyl (C=O) groups excluding carboxylic acids is 1. The zero-order chi connectivity index (χ0) is 15.9. The monoisotopic (exact) mass is 300 g/mol. The van der Waals surface area contributed by atoms with Crippen LogP contribution in [-0.4, -0.2) is 24.5 Å². The number of rotatable bonds is 6. The van der Waals surface area contributed by atoms with Gasteiger partial charge in [0.25, 0.3) is 5.69 Å². The highest BCUT2D eigenvalue weighted by Crippen LogP contribution is 2.25. The summed E-state index contributed by atoms with van der Waals surface area (Å²) in [5, 5.41) is 14.1. The number of hydrogen-bond donors (Lipinski definition) is 1. The molecule has 0 aromatic heterocycles. The van der Waals surface area contributed by atoms with Crippen molar-refractivity contribution in [1.82, 2.24) is 0 Å². The van der Waals surface area contributed by atoms with Crippen LogP contribution in [0.5, 0.6) is 0 Å². The highest BCUT2D eigenvalue weighted by atomic mass is 16.6. The number of esters is 1.